The Kier molecular flexibility index (Phi) is 5.54. The fraction of sp³-hybridized carbons (Fsp3) is 0.600. The van der Waals surface area contributed by atoms with Gasteiger partial charge in [0.15, 0.2) is 0 Å². The Hall–Kier alpha value is -1.84. The molecular weight excluding hydrogens is 300 g/mol. The minimum atomic E-state index is -0.236. The number of nitrogens with one attached hydrogen (secondary N) is 1. The van der Waals surface area contributed by atoms with Crippen LogP contribution in [0.5, 0.6) is 0 Å². The standard InChI is InChI=1S/C20H28N2O2/c1-15(23)21-19(17-8-3-2-4-9-17)13-20(24)22-12-11-16-7-5-6-10-18(16)14-22/h2-4,8-9,16,18-19H,5-7,10-14H2,1H3,(H,21,23)/t16-,18-,19-/m1/s1. The molecule has 3 atom stereocenters. The molecule has 1 aliphatic heterocycles. The molecule has 4 nitrogen and oxygen atoms in total. The fourth-order valence-electron chi connectivity index (χ4n) is 4.31. The van der Waals surface area contributed by atoms with E-state index in [0.29, 0.717) is 12.3 Å². The van der Waals surface area contributed by atoms with Gasteiger partial charge in [0.1, 0.15) is 0 Å². The van der Waals surface area contributed by atoms with Crippen LogP contribution in [0.25, 0.3) is 0 Å². The Balaban J connectivity index is 1.63. The third-order valence-electron chi connectivity index (χ3n) is 5.60. The zero-order valence-corrected chi connectivity index (χ0v) is 14.5. The first kappa shape index (κ1) is 17.0. The molecule has 0 unspecified atom stereocenters. The molecule has 0 aromatic heterocycles. The number of likely N-dealkylation sites (tertiary alicyclic amines) is 1. The van der Waals surface area contributed by atoms with Crippen molar-refractivity contribution in [1.82, 2.24) is 10.2 Å². The lowest BCUT2D eigenvalue weighted by Gasteiger charge is -2.41. The van der Waals surface area contributed by atoms with E-state index in [1.807, 2.05) is 35.2 Å². The van der Waals surface area contributed by atoms with E-state index in [1.165, 1.54) is 32.6 Å². The lowest BCUT2D eigenvalue weighted by Crippen LogP contribution is -2.45. The average Bonchev–Trinajstić information content (AvgIpc) is 2.61. The van der Waals surface area contributed by atoms with Crippen LogP contribution in [0.4, 0.5) is 0 Å². The van der Waals surface area contributed by atoms with Gasteiger partial charge in [-0.3, -0.25) is 9.59 Å². The highest BCUT2D eigenvalue weighted by molar-refractivity contribution is 5.79. The van der Waals surface area contributed by atoms with Gasteiger partial charge in [-0.2, -0.15) is 0 Å². The van der Waals surface area contributed by atoms with Crippen molar-refractivity contribution in [3.8, 4) is 0 Å². The Morgan fingerprint density at radius 2 is 1.83 bits per heavy atom. The number of carbonyl (C=O) groups excluding carboxylic acids is 2. The Morgan fingerprint density at radius 3 is 2.54 bits per heavy atom. The molecule has 2 aliphatic rings. The summed E-state index contributed by atoms with van der Waals surface area (Å²) in [6.07, 6.45) is 6.76. The van der Waals surface area contributed by atoms with E-state index < -0.39 is 0 Å². The van der Waals surface area contributed by atoms with Crippen molar-refractivity contribution in [2.75, 3.05) is 13.1 Å². The van der Waals surface area contributed by atoms with Crippen LogP contribution in [0.2, 0.25) is 0 Å². The topological polar surface area (TPSA) is 49.4 Å². The largest absolute Gasteiger partial charge is 0.349 e. The minimum Gasteiger partial charge on any atom is -0.349 e. The van der Waals surface area contributed by atoms with Gasteiger partial charge < -0.3 is 10.2 Å². The number of carbonyl (C=O) groups is 2. The van der Waals surface area contributed by atoms with E-state index in [9.17, 15) is 9.59 Å². The second-order valence-corrected chi connectivity index (χ2v) is 7.30. The van der Waals surface area contributed by atoms with E-state index in [1.54, 1.807) is 0 Å². The van der Waals surface area contributed by atoms with Crippen LogP contribution in [0, 0.1) is 11.8 Å². The number of piperidine rings is 1. The number of fused-ring (bicyclic) bond motifs is 1. The molecule has 1 saturated heterocycles. The fourth-order valence-corrected chi connectivity index (χ4v) is 4.31. The molecule has 1 aliphatic carbocycles. The first-order chi connectivity index (χ1) is 11.6. The smallest absolute Gasteiger partial charge is 0.224 e. The lowest BCUT2D eigenvalue weighted by atomic mass is 9.75. The molecule has 1 aromatic carbocycles. The summed E-state index contributed by atoms with van der Waals surface area (Å²) in [6.45, 7) is 3.29. The van der Waals surface area contributed by atoms with Gasteiger partial charge in [0, 0.05) is 20.0 Å². The molecule has 2 fully saturated rings. The number of amides is 2. The predicted octanol–water partition coefficient (Wildman–Crippen LogP) is 3.29. The molecule has 1 N–H and O–H groups in total. The molecule has 3 rings (SSSR count). The van der Waals surface area contributed by atoms with Gasteiger partial charge >= 0.3 is 0 Å². The second kappa shape index (κ2) is 7.82. The van der Waals surface area contributed by atoms with Gasteiger partial charge in [-0.25, -0.2) is 0 Å². The molecule has 2 amide bonds. The summed E-state index contributed by atoms with van der Waals surface area (Å²) in [4.78, 5) is 26.4. The molecule has 1 aromatic rings. The van der Waals surface area contributed by atoms with Gasteiger partial charge in [-0.05, 0) is 30.2 Å². The third kappa shape index (κ3) is 4.16. The molecule has 0 spiro atoms. The zero-order chi connectivity index (χ0) is 16.9. The van der Waals surface area contributed by atoms with Crippen LogP contribution in [-0.2, 0) is 9.59 Å². The normalized spacial score (nSPS) is 24.8. The summed E-state index contributed by atoms with van der Waals surface area (Å²) < 4.78 is 0. The van der Waals surface area contributed by atoms with Gasteiger partial charge in [0.25, 0.3) is 0 Å². The van der Waals surface area contributed by atoms with E-state index in [0.717, 1.165) is 31.0 Å². The van der Waals surface area contributed by atoms with Gasteiger partial charge in [0.05, 0.1) is 12.5 Å². The maximum atomic E-state index is 12.8. The highest BCUT2D eigenvalue weighted by Crippen LogP contribution is 2.36. The third-order valence-corrected chi connectivity index (χ3v) is 5.60. The summed E-state index contributed by atoms with van der Waals surface area (Å²) >= 11 is 0. The first-order valence-corrected chi connectivity index (χ1v) is 9.23. The van der Waals surface area contributed by atoms with Crippen LogP contribution < -0.4 is 5.32 Å². The molecule has 24 heavy (non-hydrogen) atoms. The summed E-state index contributed by atoms with van der Waals surface area (Å²) in [5.74, 6) is 1.58. The highest BCUT2D eigenvalue weighted by atomic mass is 16.2. The predicted molar refractivity (Wildman–Crippen MR) is 94.3 cm³/mol. The average molecular weight is 328 g/mol. The van der Waals surface area contributed by atoms with Crippen molar-refractivity contribution in [3.05, 3.63) is 35.9 Å². The summed E-state index contributed by atoms with van der Waals surface area (Å²) in [7, 11) is 0. The Morgan fingerprint density at radius 1 is 1.12 bits per heavy atom. The van der Waals surface area contributed by atoms with Crippen molar-refractivity contribution in [2.24, 2.45) is 11.8 Å². The van der Waals surface area contributed by atoms with E-state index in [2.05, 4.69) is 5.32 Å². The molecular formula is C20H28N2O2. The maximum Gasteiger partial charge on any atom is 0.224 e. The monoisotopic (exact) mass is 328 g/mol. The lowest BCUT2D eigenvalue weighted by molar-refractivity contribution is -0.135. The zero-order valence-electron chi connectivity index (χ0n) is 14.5. The molecule has 130 valence electrons. The quantitative estimate of drug-likeness (QED) is 0.922. The van der Waals surface area contributed by atoms with Crippen LogP contribution in [0.15, 0.2) is 30.3 Å². The number of hydrogen-bond donors (Lipinski definition) is 1. The number of rotatable bonds is 4. The van der Waals surface area contributed by atoms with E-state index in [-0.39, 0.29) is 17.9 Å². The van der Waals surface area contributed by atoms with Crippen molar-refractivity contribution in [1.29, 1.82) is 0 Å². The van der Waals surface area contributed by atoms with Gasteiger partial charge in [-0.15, -0.1) is 0 Å². The summed E-state index contributed by atoms with van der Waals surface area (Å²) in [5.41, 5.74) is 0.994. The molecule has 1 saturated carbocycles. The van der Waals surface area contributed by atoms with E-state index in [4.69, 9.17) is 0 Å². The SMILES string of the molecule is CC(=O)N[C@H](CC(=O)N1CC[C@H]2CCCC[C@@H]2C1)c1ccccc1. The highest BCUT2D eigenvalue weighted by Gasteiger charge is 2.33. The number of nitrogens with zero attached hydrogens (tertiary/aromatic N) is 1. The second-order valence-electron chi connectivity index (χ2n) is 7.30. The van der Waals surface area contributed by atoms with Crippen molar-refractivity contribution in [2.45, 2.75) is 51.5 Å². The van der Waals surface area contributed by atoms with Crippen LogP contribution in [-0.4, -0.2) is 29.8 Å². The summed E-state index contributed by atoms with van der Waals surface area (Å²) in [6, 6.07) is 9.55. The molecule has 0 bridgehead atoms. The molecule has 4 heteroatoms. The molecule has 1 heterocycles. The van der Waals surface area contributed by atoms with Crippen molar-refractivity contribution < 1.29 is 9.59 Å². The first-order valence-electron chi connectivity index (χ1n) is 9.23. The van der Waals surface area contributed by atoms with Crippen molar-refractivity contribution >= 4 is 11.8 Å². The Labute approximate surface area is 144 Å². The minimum absolute atomic E-state index is 0.0948. The van der Waals surface area contributed by atoms with Crippen LogP contribution in [0.3, 0.4) is 0 Å². The number of hydrogen-bond acceptors (Lipinski definition) is 2. The van der Waals surface area contributed by atoms with Crippen LogP contribution in [0.1, 0.15) is 57.1 Å². The molecule has 0 radical (unpaired) electrons. The number of benzene rings is 1. The van der Waals surface area contributed by atoms with Crippen molar-refractivity contribution in [3.63, 3.8) is 0 Å². The van der Waals surface area contributed by atoms with Crippen LogP contribution >= 0.6 is 0 Å². The van der Waals surface area contributed by atoms with Gasteiger partial charge in [0.2, 0.25) is 11.8 Å². The Bertz CT molecular complexity index is 572. The maximum absolute atomic E-state index is 12.8. The summed E-state index contributed by atoms with van der Waals surface area (Å²) in [5, 5.41) is 2.94. The van der Waals surface area contributed by atoms with Gasteiger partial charge in [-0.1, -0.05) is 49.6 Å². The van der Waals surface area contributed by atoms with E-state index >= 15 is 0 Å².